The average Bonchev–Trinajstić information content (AvgIpc) is 2.65. The topological polar surface area (TPSA) is 75.7 Å². The standard InChI is InChI=1S/C15H16ClFN2O4/c1-15(2)13(21)19(14(22)18-15)7-6-12(20)23-8-9-10(16)4-3-5-11(9)17/h3-5H,6-8H2,1-2H3,(H,18,22). The second-order valence-electron chi connectivity index (χ2n) is 5.62. The SMILES string of the molecule is CC1(C)NC(=O)N(CCC(=O)OCc2c(F)cccc2Cl)C1=O. The van der Waals surface area contributed by atoms with Crippen LogP contribution < -0.4 is 5.32 Å². The Kier molecular flexibility index (Phi) is 4.89. The molecule has 124 valence electrons. The summed E-state index contributed by atoms with van der Waals surface area (Å²) in [4.78, 5) is 36.3. The van der Waals surface area contributed by atoms with E-state index in [1.165, 1.54) is 18.2 Å². The first-order valence-electron chi connectivity index (χ1n) is 6.95. The Hall–Kier alpha value is -2.15. The number of nitrogens with zero attached hydrogens (tertiary/aromatic N) is 1. The quantitative estimate of drug-likeness (QED) is 0.657. The Morgan fingerprint density at radius 2 is 2.09 bits per heavy atom. The van der Waals surface area contributed by atoms with Crippen LogP contribution in [-0.2, 0) is 20.9 Å². The zero-order valence-corrected chi connectivity index (χ0v) is 13.4. The summed E-state index contributed by atoms with van der Waals surface area (Å²) in [6.45, 7) is 2.74. The number of amides is 3. The molecule has 0 atom stereocenters. The molecule has 0 unspecified atom stereocenters. The minimum Gasteiger partial charge on any atom is -0.461 e. The molecule has 3 amide bonds. The monoisotopic (exact) mass is 342 g/mol. The summed E-state index contributed by atoms with van der Waals surface area (Å²) in [6.07, 6.45) is -0.179. The van der Waals surface area contributed by atoms with Gasteiger partial charge in [-0.15, -0.1) is 0 Å². The molecule has 1 aliphatic heterocycles. The molecular weight excluding hydrogens is 327 g/mol. The first-order chi connectivity index (χ1) is 10.7. The number of carbonyl (C=O) groups is 3. The van der Waals surface area contributed by atoms with E-state index >= 15 is 0 Å². The summed E-state index contributed by atoms with van der Waals surface area (Å²) >= 11 is 5.83. The van der Waals surface area contributed by atoms with Crippen molar-refractivity contribution in [1.82, 2.24) is 10.2 Å². The van der Waals surface area contributed by atoms with Gasteiger partial charge in [0.15, 0.2) is 0 Å². The molecule has 1 aliphatic rings. The fourth-order valence-corrected chi connectivity index (χ4v) is 2.34. The minimum absolute atomic E-state index is 0.0821. The third-order valence-electron chi connectivity index (χ3n) is 3.42. The molecule has 1 aromatic carbocycles. The predicted octanol–water partition coefficient (Wildman–Crippen LogP) is 2.24. The first-order valence-corrected chi connectivity index (χ1v) is 7.33. The highest BCUT2D eigenvalue weighted by Crippen LogP contribution is 2.20. The highest BCUT2D eigenvalue weighted by atomic mass is 35.5. The maximum absolute atomic E-state index is 13.5. The van der Waals surface area contributed by atoms with Crippen molar-refractivity contribution in [1.29, 1.82) is 0 Å². The van der Waals surface area contributed by atoms with Crippen LogP contribution in [0, 0.1) is 5.82 Å². The van der Waals surface area contributed by atoms with Crippen molar-refractivity contribution in [3.05, 3.63) is 34.6 Å². The van der Waals surface area contributed by atoms with E-state index in [0.29, 0.717) is 0 Å². The van der Waals surface area contributed by atoms with Crippen LogP contribution >= 0.6 is 11.6 Å². The van der Waals surface area contributed by atoms with Crippen molar-refractivity contribution < 1.29 is 23.5 Å². The lowest BCUT2D eigenvalue weighted by atomic mass is 10.1. The molecule has 0 bridgehead atoms. The van der Waals surface area contributed by atoms with Crippen LogP contribution in [0.15, 0.2) is 18.2 Å². The van der Waals surface area contributed by atoms with Crippen LogP contribution in [0.2, 0.25) is 5.02 Å². The number of ether oxygens (including phenoxy) is 1. The number of carbonyl (C=O) groups excluding carboxylic acids is 3. The highest BCUT2D eigenvalue weighted by molar-refractivity contribution is 6.31. The summed E-state index contributed by atoms with van der Waals surface area (Å²) in [5, 5.41) is 2.67. The lowest BCUT2D eigenvalue weighted by Crippen LogP contribution is -2.40. The summed E-state index contributed by atoms with van der Waals surface area (Å²) in [7, 11) is 0. The van der Waals surface area contributed by atoms with E-state index in [2.05, 4.69) is 5.32 Å². The minimum atomic E-state index is -0.984. The van der Waals surface area contributed by atoms with Gasteiger partial charge >= 0.3 is 12.0 Å². The van der Waals surface area contributed by atoms with Crippen molar-refractivity contribution >= 4 is 29.5 Å². The lowest BCUT2D eigenvalue weighted by molar-refractivity contribution is -0.145. The van der Waals surface area contributed by atoms with Crippen molar-refractivity contribution in [2.45, 2.75) is 32.4 Å². The molecule has 0 aromatic heterocycles. The summed E-state index contributed by atoms with van der Waals surface area (Å²) in [6, 6.07) is 3.60. The van der Waals surface area contributed by atoms with Gasteiger partial charge in [-0.1, -0.05) is 17.7 Å². The number of rotatable bonds is 5. The Morgan fingerprint density at radius 1 is 1.39 bits per heavy atom. The van der Waals surface area contributed by atoms with Crippen LogP contribution in [0.4, 0.5) is 9.18 Å². The predicted molar refractivity (Wildman–Crippen MR) is 80.1 cm³/mol. The molecule has 1 aromatic rings. The Balaban J connectivity index is 1.87. The molecule has 0 saturated carbocycles. The molecule has 0 spiro atoms. The zero-order chi connectivity index (χ0) is 17.2. The first kappa shape index (κ1) is 17.2. The van der Waals surface area contributed by atoms with Gasteiger partial charge in [-0.3, -0.25) is 14.5 Å². The molecule has 2 rings (SSSR count). The third-order valence-corrected chi connectivity index (χ3v) is 3.78. The van der Waals surface area contributed by atoms with Gasteiger partial charge in [0, 0.05) is 12.1 Å². The molecule has 8 heteroatoms. The molecule has 1 saturated heterocycles. The number of urea groups is 1. The Bertz CT molecular complexity index is 643. The van der Waals surface area contributed by atoms with E-state index < -0.39 is 29.3 Å². The van der Waals surface area contributed by atoms with Crippen molar-refractivity contribution in [2.75, 3.05) is 6.54 Å². The van der Waals surface area contributed by atoms with Crippen LogP contribution in [-0.4, -0.2) is 34.9 Å². The summed E-state index contributed by atoms with van der Waals surface area (Å²) in [5.74, 6) is -1.64. The van der Waals surface area contributed by atoms with E-state index in [4.69, 9.17) is 16.3 Å². The summed E-state index contributed by atoms with van der Waals surface area (Å²) < 4.78 is 18.5. The van der Waals surface area contributed by atoms with Crippen molar-refractivity contribution in [3.8, 4) is 0 Å². The molecule has 23 heavy (non-hydrogen) atoms. The van der Waals surface area contributed by atoms with Gasteiger partial charge in [0.25, 0.3) is 5.91 Å². The van der Waals surface area contributed by atoms with E-state index in [-0.39, 0.29) is 30.2 Å². The van der Waals surface area contributed by atoms with Crippen LogP contribution in [0.25, 0.3) is 0 Å². The largest absolute Gasteiger partial charge is 0.461 e. The fraction of sp³-hybridized carbons (Fsp3) is 0.400. The normalized spacial score (nSPS) is 16.4. The van der Waals surface area contributed by atoms with Gasteiger partial charge in [0.1, 0.15) is 18.0 Å². The van der Waals surface area contributed by atoms with Gasteiger partial charge in [0.2, 0.25) is 0 Å². The molecule has 0 aliphatic carbocycles. The van der Waals surface area contributed by atoms with E-state index in [1.807, 2.05) is 0 Å². The Morgan fingerprint density at radius 3 is 2.65 bits per heavy atom. The van der Waals surface area contributed by atoms with Gasteiger partial charge in [-0.2, -0.15) is 0 Å². The number of halogens is 2. The molecule has 0 radical (unpaired) electrons. The number of hydrogen-bond acceptors (Lipinski definition) is 4. The number of imide groups is 1. The van der Waals surface area contributed by atoms with Gasteiger partial charge < -0.3 is 10.1 Å². The third kappa shape index (κ3) is 3.79. The van der Waals surface area contributed by atoms with Gasteiger partial charge in [-0.05, 0) is 26.0 Å². The van der Waals surface area contributed by atoms with Gasteiger partial charge in [0.05, 0.1) is 11.4 Å². The van der Waals surface area contributed by atoms with Crippen LogP contribution in [0.5, 0.6) is 0 Å². The average molecular weight is 343 g/mol. The van der Waals surface area contributed by atoms with Crippen LogP contribution in [0.1, 0.15) is 25.8 Å². The lowest BCUT2D eigenvalue weighted by Gasteiger charge is -2.15. The van der Waals surface area contributed by atoms with Crippen LogP contribution in [0.3, 0.4) is 0 Å². The molecular formula is C15H16ClFN2O4. The van der Waals surface area contributed by atoms with Crippen molar-refractivity contribution in [2.24, 2.45) is 0 Å². The number of benzene rings is 1. The van der Waals surface area contributed by atoms with E-state index in [0.717, 1.165) is 4.90 Å². The second-order valence-corrected chi connectivity index (χ2v) is 6.03. The van der Waals surface area contributed by atoms with Crippen molar-refractivity contribution in [3.63, 3.8) is 0 Å². The Labute approximate surface area is 137 Å². The molecule has 6 nitrogen and oxygen atoms in total. The smallest absolute Gasteiger partial charge is 0.325 e. The molecule has 1 fully saturated rings. The van der Waals surface area contributed by atoms with E-state index in [1.54, 1.807) is 13.8 Å². The number of nitrogens with one attached hydrogen (secondary N) is 1. The van der Waals surface area contributed by atoms with E-state index in [9.17, 15) is 18.8 Å². The number of hydrogen-bond donors (Lipinski definition) is 1. The zero-order valence-electron chi connectivity index (χ0n) is 12.7. The summed E-state index contributed by atoms with van der Waals surface area (Å²) in [5.41, 5.74) is -0.902. The molecule has 1 heterocycles. The highest BCUT2D eigenvalue weighted by Gasteiger charge is 2.44. The van der Waals surface area contributed by atoms with Gasteiger partial charge in [-0.25, -0.2) is 9.18 Å². The fourth-order valence-electron chi connectivity index (χ4n) is 2.12. The maximum Gasteiger partial charge on any atom is 0.325 e. The second kappa shape index (κ2) is 6.54. The number of esters is 1. The molecule has 1 N–H and O–H groups in total. The maximum atomic E-state index is 13.5.